The maximum Gasteiger partial charge on any atom is 0.411 e. The number of nitrogens with one attached hydrogen (secondary N) is 1. The van der Waals surface area contributed by atoms with Crippen LogP contribution in [0.15, 0.2) is 30.3 Å². The number of ether oxygens (including phenoxy) is 2. The smallest absolute Gasteiger partial charge is 0.411 e. The number of hydrogen-bond donors (Lipinski definition) is 1. The Bertz CT molecular complexity index is 665. The zero-order valence-electron chi connectivity index (χ0n) is 17.7. The fourth-order valence-corrected chi connectivity index (χ4v) is 2.52. The molecule has 28 heavy (non-hydrogen) atoms. The molecule has 0 bridgehead atoms. The van der Waals surface area contributed by atoms with Crippen LogP contribution in [0.1, 0.15) is 53.5 Å². The first kappa shape index (κ1) is 23.5. The normalized spacial score (nSPS) is 11.5. The third-order valence-electron chi connectivity index (χ3n) is 3.57. The second-order valence-electron chi connectivity index (χ2n) is 8.24. The van der Waals surface area contributed by atoms with Crippen LogP contribution in [0.5, 0.6) is 0 Å². The lowest BCUT2D eigenvalue weighted by Gasteiger charge is -2.29. The quantitative estimate of drug-likeness (QED) is 0.686. The van der Waals surface area contributed by atoms with E-state index >= 15 is 0 Å². The molecule has 1 aromatic carbocycles. The number of carbonyl (C=O) groups excluding carboxylic acids is 3. The molecule has 0 saturated heterocycles. The van der Waals surface area contributed by atoms with E-state index in [2.05, 4.69) is 5.32 Å². The Balaban J connectivity index is 2.82. The van der Waals surface area contributed by atoms with Crippen molar-refractivity contribution in [2.24, 2.45) is 0 Å². The molecule has 1 rings (SSSR count). The summed E-state index contributed by atoms with van der Waals surface area (Å²) in [5.74, 6) is -0.767. The van der Waals surface area contributed by atoms with Gasteiger partial charge in [0.2, 0.25) is 5.91 Å². The highest BCUT2D eigenvalue weighted by molar-refractivity contribution is 5.83. The van der Waals surface area contributed by atoms with E-state index in [-0.39, 0.29) is 38.0 Å². The van der Waals surface area contributed by atoms with Gasteiger partial charge < -0.3 is 14.8 Å². The molecular formula is C21H32N2O5. The third-order valence-corrected chi connectivity index (χ3v) is 3.57. The lowest BCUT2D eigenvalue weighted by Crippen LogP contribution is -2.50. The molecule has 7 heteroatoms. The minimum absolute atomic E-state index is 0.0394. The Morgan fingerprint density at radius 1 is 1.04 bits per heavy atom. The molecule has 0 heterocycles. The summed E-state index contributed by atoms with van der Waals surface area (Å²) in [6, 6.07) is 9.36. The summed E-state index contributed by atoms with van der Waals surface area (Å²) in [6.45, 7) is 10.8. The van der Waals surface area contributed by atoms with Crippen LogP contribution >= 0.6 is 0 Å². The van der Waals surface area contributed by atoms with Crippen molar-refractivity contribution in [2.75, 3.05) is 13.2 Å². The Labute approximate surface area is 167 Å². The largest absolute Gasteiger partial charge is 0.466 e. The molecular weight excluding hydrogens is 360 g/mol. The second kappa shape index (κ2) is 10.1. The summed E-state index contributed by atoms with van der Waals surface area (Å²) in [5.41, 5.74) is -0.589. The number of amides is 2. The average Bonchev–Trinajstić information content (AvgIpc) is 2.52. The number of hydrogen-bond acceptors (Lipinski definition) is 5. The van der Waals surface area contributed by atoms with Crippen LogP contribution in [0.25, 0.3) is 0 Å². The second-order valence-corrected chi connectivity index (χ2v) is 8.24. The Morgan fingerprint density at radius 3 is 2.18 bits per heavy atom. The fraction of sp³-hybridized carbons (Fsp3) is 0.571. The van der Waals surface area contributed by atoms with E-state index < -0.39 is 17.2 Å². The van der Waals surface area contributed by atoms with Crippen molar-refractivity contribution in [3.63, 3.8) is 0 Å². The van der Waals surface area contributed by atoms with E-state index in [0.29, 0.717) is 0 Å². The van der Waals surface area contributed by atoms with Crippen molar-refractivity contribution < 1.29 is 23.9 Å². The molecule has 1 aromatic rings. The van der Waals surface area contributed by atoms with Gasteiger partial charge in [-0.3, -0.25) is 14.5 Å². The summed E-state index contributed by atoms with van der Waals surface area (Å²) in [4.78, 5) is 38.2. The van der Waals surface area contributed by atoms with Gasteiger partial charge in [-0.25, -0.2) is 4.79 Å². The zero-order valence-corrected chi connectivity index (χ0v) is 17.7. The topological polar surface area (TPSA) is 84.9 Å². The number of carbonyl (C=O) groups is 3. The fourth-order valence-electron chi connectivity index (χ4n) is 2.52. The van der Waals surface area contributed by atoms with Crippen molar-refractivity contribution in [3.05, 3.63) is 35.9 Å². The molecule has 7 nitrogen and oxygen atoms in total. The van der Waals surface area contributed by atoms with Crippen LogP contribution in [0.3, 0.4) is 0 Å². The lowest BCUT2D eigenvalue weighted by atomic mass is 10.0. The van der Waals surface area contributed by atoms with Gasteiger partial charge >= 0.3 is 12.1 Å². The van der Waals surface area contributed by atoms with Gasteiger partial charge in [0.1, 0.15) is 12.1 Å². The van der Waals surface area contributed by atoms with Crippen molar-refractivity contribution in [2.45, 2.75) is 65.6 Å². The van der Waals surface area contributed by atoms with Crippen LogP contribution < -0.4 is 5.32 Å². The molecule has 0 saturated carbocycles. The predicted octanol–water partition coefficient (Wildman–Crippen LogP) is 3.27. The third kappa shape index (κ3) is 9.39. The first-order chi connectivity index (χ1) is 12.9. The van der Waals surface area contributed by atoms with Gasteiger partial charge in [0.15, 0.2) is 0 Å². The van der Waals surface area contributed by atoms with Gasteiger partial charge in [-0.05, 0) is 47.1 Å². The van der Waals surface area contributed by atoms with Crippen molar-refractivity contribution in [3.8, 4) is 0 Å². The maximum atomic E-state index is 12.6. The summed E-state index contributed by atoms with van der Waals surface area (Å²) in [5, 5.41) is 2.79. The highest BCUT2D eigenvalue weighted by atomic mass is 16.6. The standard InChI is InChI=1S/C21H32N2O5/c1-7-27-18(25)13-21(5,6)22-17(24)15-23(19(26)28-20(2,3)4)14-16-11-9-8-10-12-16/h8-12H,7,13-15H2,1-6H3,(H,22,24). The highest BCUT2D eigenvalue weighted by Crippen LogP contribution is 2.14. The highest BCUT2D eigenvalue weighted by Gasteiger charge is 2.28. The molecule has 0 aliphatic carbocycles. The van der Waals surface area contributed by atoms with Crippen LogP contribution in [0.4, 0.5) is 4.79 Å². The molecule has 0 aliphatic rings. The molecule has 156 valence electrons. The first-order valence-electron chi connectivity index (χ1n) is 9.40. The van der Waals surface area contributed by atoms with E-state index in [1.54, 1.807) is 41.5 Å². The molecule has 0 spiro atoms. The van der Waals surface area contributed by atoms with E-state index in [1.807, 2.05) is 30.3 Å². The summed E-state index contributed by atoms with van der Waals surface area (Å²) >= 11 is 0. The van der Waals surface area contributed by atoms with Gasteiger partial charge in [0.05, 0.1) is 13.0 Å². The van der Waals surface area contributed by atoms with Crippen LogP contribution in [0, 0.1) is 0 Å². The first-order valence-corrected chi connectivity index (χ1v) is 9.40. The molecule has 0 aromatic heterocycles. The minimum atomic E-state index is -0.796. The molecule has 1 N–H and O–H groups in total. The molecule has 2 amide bonds. The van der Waals surface area contributed by atoms with E-state index in [4.69, 9.17) is 9.47 Å². The van der Waals surface area contributed by atoms with Gasteiger partial charge in [0, 0.05) is 12.1 Å². The molecule has 0 fully saturated rings. The summed E-state index contributed by atoms with van der Waals surface area (Å²) < 4.78 is 10.4. The maximum absolute atomic E-state index is 12.6. The van der Waals surface area contributed by atoms with Crippen LogP contribution in [0.2, 0.25) is 0 Å². The molecule has 0 unspecified atom stereocenters. The minimum Gasteiger partial charge on any atom is -0.466 e. The molecule has 0 atom stereocenters. The molecule has 0 radical (unpaired) electrons. The Hall–Kier alpha value is -2.57. The summed E-state index contributed by atoms with van der Waals surface area (Å²) in [6.07, 6.45) is -0.535. The lowest BCUT2D eigenvalue weighted by molar-refractivity contribution is -0.144. The zero-order chi connectivity index (χ0) is 21.4. The van der Waals surface area contributed by atoms with Gasteiger partial charge in [-0.2, -0.15) is 0 Å². The Morgan fingerprint density at radius 2 is 1.64 bits per heavy atom. The monoisotopic (exact) mass is 392 g/mol. The van der Waals surface area contributed by atoms with Gasteiger partial charge in [0.25, 0.3) is 0 Å². The predicted molar refractivity (Wildman–Crippen MR) is 107 cm³/mol. The number of esters is 1. The van der Waals surface area contributed by atoms with Crippen LogP contribution in [-0.2, 0) is 25.6 Å². The summed E-state index contributed by atoms with van der Waals surface area (Å²) in [7, 11) is 0. The van der Waals surface area contributed by atoms with Crippen molar-refractivity contribution >= 4 is 18.0 Å². The molecule has 0 aliphatic heterocycles. The average molecular weight is 392 g/mol. The van der Waals surface area contributed by atoms with E-state index in [1.165, 1.54) is 4.90 Å². The van der Waals surface area contributed by atoms with Gasteiger partial charge in [-0.15, -0.1) is 0 Å². The van der Waals surface area contributed by atoms with Crippen LogP contribution in [-0.4, -0.2) is 47.2 Å². The van der Waals surface area contributed by atoms with E-state index in [9.17, 15) is 14.4 Å². The Kier molecular flexibility index (Phi) is 8.47. The number of benzene rings is 1. The van der Waals surface area contributed by atoms with Crippen molar-refractivity contribution in [1.82, 2.24) is 10.2 Å². The van der Waals surface area contributed by atoms with Gasteiger partial charge in [-0.1, -0.05) is 30.3 Å². The number of nitrogens with zero attached hydrogens (tertiary/aromatic N) is 1. The van der Waals surface area contributed by atoms with Crippen molar-refractivity contribution in [1.29, 1.82) is 0 Å². The SMILES string of the molecule is CCOC(=O)CC(C)(C)NC(=O)CN(Cc1ccccc1)C(=O)OC(C)(C)C. The number of rotatable bonds is 8. The van der Waals surface area contributed by atoms with E-state index in [0.717, 1.165) is 5.56 Å².